The van der Waals surface area contributed by atoms with Crippen molar-refractivity contribution in [3.63, 3.8) is 0 Å². The molecule has 0 aliphatic heterocycles. The fourth-order valence-corrected chi connectivity index (χ4v) is 1.17. The minimum absolute atomic E-state index is 0.341. The van der Waals surface area contributed by atoms with Gasteiger partial charge >= 0.3 is 6.18 Å². The fraction of sp³-hybridized carbons (Fsp3) is 0.400. The molecule has 0 aromatic carbocycles. The Morgan fingerprint density at radius 1 is 1.50 bits per heavy atom. The Hall–Kier alpha value is -1.43. The molecule has 0 aliphatic rings. The Labute approximate surface area is 90.7 Å². The predicted octanol–water partition coefficient (Wildman–Crippen LogP) is 1.72. The third-order valence-corrected chi connectivity index (χ3v) is 1.95. The zero-order valence-corrected chi connectivity index (χ0v) is 8.64. The van der Waals surface area contributed by atoms with Gasteiger partial charge < -0.3 is 5.32 Å². The molecule has 1 aromatic rings. The zero-order chi connectivity index (χ0) is 12.2. The number of nitrogens with one attached hydrogen (secondary N) is 1. The van der Waals surface area contributed by atoms with Crippen LogP contribution in [0.25, 0.3) is 0 Å². The van der Waals surface area contributed by atoms with Gasteiger partial charge in [0.15, 0.2) is 5.78 Å². The first-order valence-electron chi connectivity index (χ1n) is 4.61. The van der Waals surface area contributed by atoms with E-state index in [-0.39, 0.29) is 6.54 Å². The van der Waals surface area contributed by atoms with Gasteiger partial charge in [-0.2, -0.15) is 13.2 Å². The molecule has 0 radical (unpaired) electrons. The predicted molar refractivity (Wildman–Crippen MR) is 52.2 cm³/mol. The first kappa shape index (κ1) is 12.6. The molecule has 0 bridgehead atoms. The highest BCUT2D eigenvalue weighted by atomic mass is 19.4. The van der Waals surface area contributed by atoms with Crippen molar-refractivity contribution in [1.29, 1.82) is 0 Å². The van der Waals surface area contributed by atoms with Crippen LogP contribution in [0.3, 0.4) is 0 Å². The number of carbonyl (C=O) groups excluding carboxylic acids is 1. The number of alkyl halides is 3. The lowest BCUT2D eigenvalue weighted by Gasteiger charge is -2.08. The van der Waals surface area contributed by atoms with Crippen molar-refractivity contribution in [2.45, 2.75) is 13.1 Å². The largest absolute Gasteiger partial charge is 0.401 e. The highest BCUT2D eigenvalue weighted by Crippen LogP contribution is 2.12. The Morgan fingerprint density at radius 3 is 2.75 bits per heavy atom. The second-order valence-electron chi connectivity index (χ2n) is 3.33. The molecule has 1 aromatic heterocycles. The summed E-state index contributed by atoms with van der Waals surface area (Å²) in [6, 6.07) is 1.64. The monoisotopic (exact) mass is 232 g/mol. The number of pyridine rings is 1. The molecule has 1 N–H and O–H groups in total. The van der Waals surface area contributed by atoms with Crippen LogP contribution in [0.4, 0.5) is 13.2 Å². The smallest absolute Gasteiger partial charge is 0.302 e. The zero-order valence-electron chi connectivity index (χ0n) is 8.64. The summed E-state index contributed by atoms with van der Waals surface area (Å²) in [6.45, 7) is 0.197. The van der Waals surface area contributed by atoms with E-state index in [1.807, 2.05) is 5.32 Å². The SMILES string of the molecule is Cc1ccncc1C(=O)CNCC(F)(F)F. The third kappa shape index (κ3) is 3.98. The molecule has 0 aliphatic carbocycles. The Kier molecular flexibility index (Phi) is 4.00. The van der Waals surface area contributed by atoms with Gasteiger partial charge in [-0.1, -0.05) is 0 Å². The number of hydrogen-bond acceptors (Lipinski definition) is 3. The minimum atomic E-state index is -4.30. The van der Waals surface area contributed by atoms with Gasteiger partial charge in [-0.15, -0.1) is 0 Å². The van der Waals surface area contributed by atoms with E-state index in [9.17, 15) is 18.0 Å². The average molecular weight is 232 g/mol. The molecular formula is C10H11F3N2O. The summed E-state index contributed by atoms with van der Waals surface area (Å²) in [4.78, 5) is 15.2. The summed E-state index contributed by atoms with van der Waals surface area (Å²) in [6.07, 6.45) is -1.42. The molecule has 16 heavy (non-hydrogen) atoms. The summed E-state index contributed by atoms with van der Waals surface area (Å²) < 4.78 is 35.4. The number of carbonyl (C=O) groups is 1. The summed E-state index contributed by atoms with van der Waals surface area (Å²) in [5.41, 5.74) is 1.05. The fourth-order valence-electron chi connectivity index (χ4n) is 1.17. The minimum Gasteiger partial charge on any atom is -0.302 e. The maximum Gasteiger partial charge on any atom is 0.401 e. The van der Waals surface area contributed by atoms with Crippen molar-refractivity contribution in [3.05, 3.63) is 29.6 Å². The third-order valence-electron chi connectivity index (χ3n) is 1.95. The molecule has 1 rings (SSSR count). The second kappa shape index (κ2) is 5.07. The maximum atomic E-state index is 11.8. The van der Waals surface area contributed by atoms with Crippen LogP contribution in [0.2, 0.25) is 0 Å². The van der Waals surface area contributed by atoms with Gasteiger partial charge in [-0.25, -0.2) is 0 Å². The molecule has 88 valence electrons. The normalized spacial score (nSPS) is 11.5. The summed E-state index contributed by atoms with van der Waals surface area (Å²) in [5, 5.41) is 2.05. The molecule has 0 saturated carbocycles. The molecule has 6 heteroatoms. The molecule has 0 amide bonds. The van der Waals surface area contributed by atoms with Gasteiger partial charge in [0, 0.05) is 18.0 Å². The van der Waals surface area contributed by atoms with E-state index in [4.69, 9.17) is 0 Å². The lowest BCUT2D eigenvalue weighted by atomic mass is 10.1. The molecule has 0 fully saturated rings. The first-order valence-corrected chi connectivity index (χ1v) is 4.61. The number of hydrogen-bond donors (Lipinski definition) is 1. The van der Waals surface area contributed by atoms with E-state index >= 15 is 0 Å². The van der Waals surface area contributed by atoms with Crippen LogP contribution in [-0.4, -0.2) is 30.0 Å². The quantitative estimate of drug-likeness (QED) is 0.804. The number of Topliss-reactive ketones (excluding diaryl/α,β-unsaturated/α-hetero) is 1. The van der Waals surface area contributed by atoms with Crippen LogP contribution in [0.15, 0.2) is 18.5 Å². The standard InChI is InChI=1S/C10H11F3N2O/c1-7-2-3-14-4-8(7)9(16)5-15-6-10(11,12)13/h2-4,15H,5-6H2,1H3. The van der Waals surface area contributed by atoms with Crippen LogP contribution >= 0.6 is 0 Å². The van der Waals surface area contributed by atoms with Crippen molar-refractivity contribution >= 4 is 5.78 Å². The summed E-state index contributed by atoms with van der Waals surface area (Å²) in [7, 11) is 0. The molecule has 0 spiro atoms. The first-order chi connectivity index (χ1) is 7.40. The molecule has 0 atom stereocenters. The summed E-state index contributed by atoms with van der Waals surface area (Å²) in [5.74, 6) is -0.394. The maximum absolute atomic E-state index is 11.8. The topological polar surface area (TPSA) is 42.0 Å². The van der Waals surface area contributed by atoms with Crippen molar-refractivity contribution in [3.8, 4) is 0 Å². The van der Waals surface area contributed by atoms with Crippen LogP contribution < -0.4 is 5.32 Å². The molecule has 1 heterocycles. The van der Waals surface area contributed by atoms with Crippen molar-refractivity contribution in [2.24, 2.45) is 0 Å². The van der Waals surface area contributed by atoms with Crippen molar-refractivity contribution in [2.75, 3.05) is 13.1 Å². The Morgan fingerprint density at radius 2 is 2.19 bits per heavy atom. The number of ketones is 1. The van der Waals surface area contributed by atoms with Crippen LogP contribution in [0, 0.1) is 6.92 Å². The number of nitrogens with zero attached hydrogens (tertiary/aromatic N) is 1. The lowest BCUT2D eigenvalue weighted by Crippen LogP contribution is -2.33. The van der Waals surface area contributed by atoms with E-state index in [1.165, 1.54) is 12.4 Å². The molecule has 0 unspecified atom stereocenters. The van der Waals surface area contributed by atoms with Gasteiger partial charge in [0.25, 0.3) is 0 Å². The molecular weight excluding hydrogens is 221 g/mol. The van der Waals surface area contributed by atoms with Crippen molar-refractivity contribution < 1.29 is 18.0 Å². The lowest BCUT2D eigenvalue weighted by molar-refractivity contribution is -0.124. The van der Waals surface area contributed by atoms with Gasteiger partial charge in [-0.3, -0.25) is 9.78 Å². The van der Waals surface area contributed by atoms with Gasteiger partial charge in [0.05, 0.1) is 13.1 Å². The average Bonchev–Trinajstić information content (AvgIpc) is 2.16. The highest BCUT2D eigenvalue weighted by Gasteiger charge is 2.26. The second-order valence-corrected chi connectivity index (χ2v) is 3.33. The highest BCUT2D eigenvalue weighted by molar-refractivity contribution is 5.98. The number of rotatable bonds is 4. The van der Waals surface area contributed by atoms with Crippen molar-refractivity contribution in [1.82, 2.24) is 10.3 Å². The van der Waals surface area contributed by atoms with Crippen LogP contribution in [0.1, 0.15) is 15.9 Å². The molecule has 3 nitrogen and oxygen atoms in total. The number of halogens is 3. The number of aromatic nitrogens is 1. The van der Waals surface area contributed by atoms with Crippen LogP contribution in [0.5, 0.6) is 0 Å². The summed E-state index contributed by atoms with van der Waals surface area (Å²) >= 11 is 0. The van der Waals surface area contributed by atoms with E-state index in [1.54, 1.807) is 13.0 Å². The Bertz CT molecular complexity index is 377. The van der Waals surface area contributed by atoms with E-state index < -0.39 is 18.5 Å². The van der Waals surface area contributed by atoms with E-state index in [0.29, 0.717) is 11.1 Å². The van der Waals surface area contributed by atoms with E-state index in [0.717, 1.165) is 0 Å². The van der Waals surface area contributed by atoms with Gasteiger partial charge in [0.1, 0.15) is 0 Å². The van der Waals surface area contributed by atoms with Gasteiger partial charge in [-0.05, 0) is 18.6 Å². The molecule has 0 saturated heterocycles. The van der Waals surface area contributed by atoms with Crippen LogP contribution in [-0.2, 0) is 0 Å². The number of aryl methyl sites for hydroxylation is 1. The van der Waals surface area contributed by atoms with E-state index in [2.05, 4.69) is 4.98 Å². The van der Waals surface area contributed by atoms with Gasteiger partial charge in [0.2, 0.25) is 0 Å². The Balaban J connectivity index is 2.51.